The van der Waals surface area contributed by atoms with Crippen molar-refractivity contribution in [2.24, 2.45) is 0 Å². The van der Waals surface area contributed by atoms with Crippen LogP contribution in [0.4, 0.5) is 11.6 Å². The highest BCUT2D eigenvalue weighted by molar-refractivity contribution is 5.57. The summed E-state index contributed by atoms with van der Waals surface area (Å²) in [5, 5.41) is 15.6. The van der Waals surface area contributed by atoms with Crippen LogP contribution in [0.3, 0.4) is 0 Å². The molecule has 21 heavy (non-hydrogen) atoms. The zero-order valence-corrected chi connectivity index (χ0v) is 13.7. The molecule has 0 aliphatic heterocycles. The maximum Gasteiger partial charge on any atom is 0.134 e. The molecule has 1 heterocycles. The van der Waals surface area contributed by atoms with E-state index >= 15 is 0 Å². The van der Waals surface area contributed by atoms with Crippen LogP contribution >= 0.6 is 0 Å². The lowest BCUT2D eigenvalue weighted by Crippen LogP contribution is -2.12. The number of nitrogens with zero attached hydrogens (tertiary/aromatic N) is 2. The molecule has 3 N–H and O–H groups in total. The zero-order valence-electron chi connectivity index (χ0n) is 13.7. The number of aryl methyl sites for hydroxylation is 1. The zero-order chi connectivity index (χ0) is 15.5. The minimum Gasteiger partial charge on any atom is -0.396 e. The Morgan fingerprint density at radius 3 is 2.10 bits per heavy atom. The monoisotopic (exact) mass is 294 g/mol. The third-order valence-electron chi connectivity index (χ3n) is 3.43. The van der Waals surface area contributed by atoms with Crippen LogP contribution < -0.4 is 10.6 Å². The summed E-state index contributed by atoms with van der Waals surface area (Å²) in [6.07, 6.45) is 6.15. The van der Waals surface area contributed by atoms with E-state index in [9.17, 15) is 0 Å². The van der Waals surface area contributed by atoms with Crippen molar-refractivity contribution in [1.29, 1.82) is 0 Å². The number of rotatable bonds is 11. The van der Waals surface area contributed by atoms with Crippen molar-refractivity contribution in [2.75, 3.05) is 30.3 Å². The van der Waals surface area contributed by atoms with Crippen molar-refractivity contribution in [3.63, 3.8) is 0 Å². The van der Waals surface area contributed by atoms with E-state index in [4.69, 9.17) is 5.11 Å². The predicted octanol–water partition coefficient (Wildman–Crippen LogP) is 3.13. The Morgan fingerprint density at radius 1 is 0.905 bits per heavy atom. The molecule has 0 saturated carbocycles. The van der Waals surface area contributed by atoms with Crippen LogP contribution in [0.5, 0.6) is 0 Å². The van der Waals surface area contributed by atoms with Crippen molar-refractivity contribution < 1.29 is 5.11 Å². The third-order valence-corrected chi connectivity index (χ3v) is 3.43. The van der Waals surface area contributed by atoms with Gasteiger partial charge in [-0.2, -0.15) is 0 Å². The van der Waals surface area contributed by atoms with E-state index in [1.807, 2.05) is 0 Å². The third kappa shape index (κ3) is 6.29. The first-order valence-corrected chi connectivity index (χ1v) is 8.19. The molecule has 0 aliphatic carbocycles. The summed E-state index contributed by atoms with van der Waals surface area (Å²) < 4.78 is 0. The Hall–Kier alpha value is -1.36. The lowest BCUT2D eigenvalue weighted by Gasteiger charge is -2.14. The molecule has 120 valence electrons. The Morgan fingerprint density at radius 2 is 1.52 bits per heavy atom. The number of hydrogen-bond acceptors (Lipinski definition) is 5. The second-order valence-corrected chi connectivity index (χ2v) is 5.31. The fourth-order valence-electron chi connectivity index (χ4n) is 2.11. The molecular formula is C16H30N4O. The highest BCUT2D eigenvalue weighted by atomic mass is 16.2. The fourth-order valence-corrected chi connectivity index (χ4v) is 2.11. The first-order valence-electron chi connectivity index (χ1n) is 8.19. The molecule has 5 heteroatoms. The van der Waals surface area contributed by atoms with Gasteiger partial charge in [0, 0.05) is 31.7 Å². The molecule has 0 radical (unpaired) electrons. The number of hydrogen-bond donors (Lipinski definition) is 3. The molecule has 0 aliphatic rings. The second-order valence-electron chi connectivity index (χ2n) is 5.31. The lowest BCUT2D eigenvalue weighted by molar-refractivity contribution is 0.283. The lowest BCUT2D eigenvalue weighted by atomic mass is 10.2. The van der Waals surface area contributed by atoms with Gasteiger partial charge in [0.05, 0.1) is 0 Å². The maximum atomic E-state index is 8.76. The van der Waals surface area contributed by atoms with Crippen LogP contribution in [0.1, 0.15) is 57.3 Å². The summed E-state index contributed by atoms with van der Waals surface area (Å²) in [4.78, 5) is 9.16. The van der Waals surface area contributed by atoms with Crippen molar-refractivity contribution in [1.82, 2.24) is 9.97 Å². The van der Waals surface area contributed by atoms with Crippen LogP contribution in [0.2, 0.25) is 0 Å². The first kappa shape index (κ1) is 17.7. The highest BCUT2D eigenvalue weighted by Crippen LogP contribution is 2.20. The molecule has 0 atom stereocenters. The van der Waals surface area contributed by atoms with Crippen LogP contribution in [0, 0.1) is 6.92 Å². The average molecular weight is 294 g/mol. The Bertz CT molecular complexity index is 410. The van der Waals surface area contributed by atoms with Crippen LogP contribution in [-0.2, 0) is 6.42 Å². The number of nitrogens with one attached hydrogen (secondary N) is 2. The Labute approximate surface area is 128 Å². The predicted molar refractivity (Wildman–Crippen MR) is 89.0 cm³/mol. The van der Waals surface area contributed by atoms with Crippen molar-refractivity contribution in [2.45, 2.75) is 59.3 Å². The smallest absolute Gasteiger partial charge is 0.134 e. The minimum atomic E-state index is 0.296. The molecule has 5 nitrogen and oxygen atoms in total. The van der Waals surface area contributed by atoms with Crippen molar-refractivity contribution >= 4 is 11.6 Å². The van der Waals surface area contributed by atoms with Gasteiger partial charge in [0.25, 0.3) is 0 Å². The van der Waals surface area contributed by atoms with Gasteiger partial charge in [-0.25, -0.2) is 9.97 Å². The van der Waals surface area contributed by atoms with Crippen LogP contribution in [-0.4, -0.2) is 34.8 Å². The number of aliphatic hydroxyl groups is 1. The van der Waals surface area contributed by atoms with Gasteiger partial charge in [-0.3, -0.25) is 0 Å². The fraction of sp³-hybridized carbons (Fsp3) is 0.750. The molecular weight excluding hydrogens is 264 g/mol. The van der Waals surface area contributed by atoms with Gasteiger partial charge in [-0.05, 0) is 26.2 Å². The molecule has 0 fully saturated rings. The molecule has 0 aromatic carbocycles. The summed E-state index contributed by atoms with van der Waals surface area (Å²) in [6.45, 7) is 8.43. The number of anilines is 2. The number of unbranched alkanes of at least 4 members (excludes halogenated alkanes) is 3. The molecule has 0 amide bonds. The largest absolute Gasteiger partial charge is 0.396 e. The van der Waals surface area contributed by atoms with E-state index in [-0.39, 0.29) is 0 Å². The SMILES string of the molecule is CCCNc1nc(CC)nc(NCCCCCCO)c1C. The van der Waals surface area contributed by atoms with Crippen LogP contribution in [0.25, 0.3) is 0 Å². The summed E-state index contributed by atoms with van der Waals surface area (Å²) >= 11 is 0. The van der Waals surface area contributed by atoms with E-state index in [0.29, 0.717) is 6.61 Å². The molecule has 1 aromatic rings. The van der Waals surface area contributed by atoms with E-state index in [0.717, 1.165) is 74.6 Å². The van der Waals surface area contributed by atoms with Gasteiger partial charge in [-0.1, -0.05) is 26.7 Å². The first-order chi connectivity index (χ1) is 10.2. The molecule has 0 bridgehead atoms. The van der Waals surface area contributed by atoms with Crippen molar-refractivity contribution in [3.8, 4) is 0 Å². The summed E-state index contributed by atoms with van der Waals surface area (Å²) in [6, 6.07) is 0. The Kier molecular flexibility index (Phi) is 8.74. The summed E-state index contributed by atoms with van der Waals surface area (Å²) in [5.74, 6) is 2.77. The van der Waals surface area contributed by atoms with Crippen molar-refractivity contribution in [3.05, 3.63) is 11.4 Å². The van der Waals surface area contributed by atoms with Gasteiger partial charge in [0.15, 0.2) is 0 Å². The van der Waals surface area contributed by atoms with E-state index < -0.39 is 0 Å². The van der Waals surface area contributed by atoms with E-state index in [1.165, 1.54) is 0 Å². The standard InChI is InChI=1S/C16H30N4O/c1-4-10-17-15-13(3)16(20-14(5-2)19-15)18-11-8-6-7-9-12-21/h21H,4-12H2,1-3H3,(H2,17,18,19,20). The molecule has 0 unspecified atom stereocenters. The molecule has 0 spiro atoms. The quantitative estimate of drug-likeness (QED) is 0.547. The molecule has 1 aromatic heterocycles. The Balaban J connectivity index is 2.58. The summed E-state index contributed by atoms with van der Waals surface area (Å²) in [7, 11) is 0. The van der Waals surface area contributed by atoms with Gasteiger partial charge in [-0.15, -0.1) is 0 Å². The topological polar surface area (TPSA) is 70.1 Å². The normalized spacial score (nSPS) is 10.7. The minimum absolute atomic E-state index is 0.296. The summed E-state index contributed by atoms with van der Waals surface area (Å²) in [5.41, 5.74) is 1.09. The second kappa shape index (κ2) is 10.4. The van der Waals surface area contributed by atoms with Gasteiger partial charge >= 0.3 is 0 Å². The van der Waals surface area contributed by atoms with Crippen LogP contribution in [0.15, 0.2) is 0 Å². The van der Waals surface area contributed by atoms with E-state index in [1.54, 1.807) is 0 Å². The highest BCUT2D eigenvalue weighted by Gasteiger charge is 2.09. The van der Waals surface area contributed by atoms with Gasteiger partial charge in [0.1, 0.15) is 17.5 Å². The number of aromatic nitrogens is 2. The average Bonchev–Trinajstić information content (AvgIpc) is 2.50. The maximum absolute atomic E-state index is 8.76. The molecule has 0 saturated heterocycles. The number of aliphatic hydroxyl groups excluding tert-OH is 1. The molecule has 1 rings (SSSR count). The van der Waals surface area contributed by atoms with E-state index in [2.05, 4.69) is 41.4 Å². The van der Waals surface area contributed by atoms with Gasteiger partial charge in [0.2, 0.25) is 0 Å². The van der Waals surface area contributed by atoms with Gasteiger partial charge < -0.3 is 15.7 Å².